The van der Waals surface area contributed by atoms with Crippen LogP contribution in [0.3, 0.4) is 0 Å². The zero-order valence-corrected chi connectivity index (χ0v) is 14.5. The third-order valence-electron chi connectivity index (χ3n) is 3.78. The Morgan fingerprint density at radius 3 is 2.85 bits per heavy atom. The summed E-state index contributed by atoms with van der Waals surface area (Å²) < 4.78 is 0. The van der Waals surface area contributed by atoms with Crippen molar-refractivity contribution < 1.29 is 0 Å². The van der Waals surface area contributed by atoms with Gasteiger partial charge in [0.25, 0.3) is 0 Å². The van der Waals surface area contributed by atoms with Gasteiger partial charge in [-0.25, -0.2) is 0 Å². The predicted octanol–water partition coefficient (Wildman–Crippen LogP) is 2.12. The van der Waals surface area contributed by atoms with E-state index in [4.69, 9.17) is 0 Å². The van der Waals surface area contributed by atoms with Crippen molar-refractivity contribution in [1.29, 1.82) is 0 Å². The molecular formula is C15H32N4S. The van der Waals surface area contributed by atoms with Gasteiger partial charge in [0, 0.05) is 44.2 Å². The second-order valence-electron chi connectivity index (χ2n) is 5.48. The zero-order chi connectivity index (χ0) is 14.8. The molecule has 0 saturated carbocycles. The van der Waals surface area contributed by atoms with Gasteiger partial charge in [0.05, 0.1) is 0 Å². The van der Waals surface area contributed by atoms with E-state index >= 15 is 0 Å². The molecule has 1 atom stereocenters. The Morgan fingerprint density at radius 2 is 2.20 bits per heavy atom. The minimum absolute atomic E-state index is 0.759. The Bertz CT molecular complexity index is 283. The van der Waals surface area contributed by atoms with E-state index < -0.39 is 0 Å². The molecule has 1 aliphatic rings. The topological polar surface area (TPSA) is 30.9 Å². The Labute approximate surface area is 129 Å². The van der Waals surface area contributed by atoms with Crippen LogP contribution in [0.15, 0.2) is 4.99 Å². The van der Waals surface area contributed by atoms with Gasteiger partial charge >= 0.3 is 0 Å². The Kier molecular flexibility index (Phi) is 9.10. The zero-order valence-electron chi connectivity index (χ0n) is 13.7. The summed E-state index contributed by atoms with van der Waals surface area (Å²) in [5.74, 6) is 2.29. The molecule has 0 aromatic rings. The normalized spacial score (nSPS) is 20.6. The van der Waals surface area contributed by atoms with Crippen molar-refractivity contribution >= 4 is 17.7 Å². The van der Waals surface area contributed by atoms with Crippen LogP contribution in [-0.2, 0) is 0 Å². The summed E-state index contributed by atoms with van der Waals surface area (Å²) in [6.45, 7) is 10.0. The van der Waals surface area contributed by atoms with Gasteiger partial charge < -0.3 is 15.1 Å². The van der Waals surface area contributed by atoms with E-state index in [0.29, 0.717) is 0 Å². The summed E-state index contributed by atoms with van der Waals surface area (Å²) in [6.07, 6.45) is 3.80. The van der Waals surface area contributed by atoms with Crippen LogP contribution in [0.2, 0.25) is 0 Å². The summed E-state index contributed by atoms with van der Waals surface area (Å²) in [5, 5.41) is 4.27. The molecule has 4 nitrogen and oxygen atoms in total. The molecule has 118 valence electrons. The van der Waals surface area contributed by atoms with Gasteiger partial charge in [0.15, 0.2) is 5.96 Å². The third-order valence-corrected chi connectivity index (χ3v) is 5.15. The highest BCUT2D eigenvalue weighted by atomic mass is 32.2. The van der Waals surface area contributed by atoms with E-state index in [-0.39, 0.29) is 0 Å². The molecule has 0 aromatic carbocycles. The van der Waals surface area contributed by atoms with Crippen LogP contribution in [0.1, 0.15) is 33.1 Å². The number of aliphatic imine (C=N–C) groups is 1. The van der Waals surface area contributed by atoms with Crippen molar-refractivity contribution in [1.82, 2.24) is 15.1 Å². The maximum atomic E-state index is 4.44. The smallest absolute Gasteiger partial charge is 0.193 e. The summed E-state index contributed by atoms with van der Waals surface area (Å²) in [5.41, 5.74) is 0. The molecule has 1 N–H and O–H groups in total. The second-order valence-corrected chi connectivity index (χ2v) is 6.89. The first-order chi connectivity index (χ1) is 9.71. The molecule has 0 bridgehead atoms. The molecule has 5 heteroatoms. The van der Waals surface area contributed by atoms with E-state index in [0.717, 1.165) is 37.4 Å². The first kappa shape index (κ1) is 17.6. The minimum atomic E-state index is 0.759. The standard InChI is InChI=1S/C15H32N4S/c1-5-7-9-18(4)10-8-17-15(16-3)19-11-12-20-14(6-2)13-19/h14H,5-13H2,1-4H3,(H,16,17). The monoisotopic (exact) mass is 300 g/mol. The molecule has 1 rings (SSSR count). The van der Waals surface area contributed by atoms with Gasteiger partial charge in [0.1, 0.15) is 0 Å². The highest BCUT2D eigenvalue weighted by Crippen LogP contribution is 2.20. The van der Waals surface area contributed by atoms with Crippen LogP contribution in [-0.4, -0.2) is 73.6 Å². The molecule has 1 unspecified atom stereocenters. The van der Waals surface area contributed by atoms with Crippen LogP contribution in [0, 0.1) is 0 Å². The quantitative estimate of drug-likeness (QED) is 0.576. The predicted molar refractivity (Wildman–Crippen MR) is 91.9 cm³/mol. The maximum absolute atomic E-state index is 4.44. The molecule has 0 spiro atoms. The van der Waals surface area contributed by atoms with Crippen molar-refractivity contribution in [2.75, 3.05) is 52.6 Å². The third kappa shape index (κ3) is 6.35. The number of thioether (sulfide) groups is 1. The first-order valence-corrected chi connectivity index (χ1v) is 9.01. The Balaban J connectivity index is 2.29. The molecule has 0 aromatic heterocycles. The minimum Gasteiger partial charge on any atom is -0.355 e. The number of guanidine groups is 1. The lowest BCUT2D eigenvalue weighted by Gasteiger charge is -2.34. The summed E-state index contributed by atoms with van der Waals surface area (Å²) >= 11 is 2.10. The fourth-order valence-corrected chi connectivity index (χ4v) is 3.57. The van der Waals surface area contributed by atoms with E-state index in [1.54, 1.807) is 0 Å². The van der Waals surface area contributed by atoms with E-state index in [1.165, 1.54) is 31.6 Å². The number of hydrogen-bond donors (Lipinski definition) is 1. The summed E-state index contributed by atoms with van der Waals surface area (Å²) in [7, 11) is 4.09. The molecule has 0 radical (unpaired) electrons. The number of rotatable bonds is 7. The molecule has 1 saturated heterocycles. The van der Waals surface area contributed by atoms with Gasteiger partial charge in [-0.05, 0) is 26.4 Å². The second kappa shape index (κ2) is 10.3. The van der Waals surface area contributed by atoms with Crippen molar-refractivity contribution in [3.05, 3.63) is 0 Å². The molecule has 20 heavy (non-hydrogen) atoms. The molecule has 0 amide bonds. The molecular weight excluding hydrogens is 268 g/mol. The average Bonchev–Trinajstić information content (AvgIpc) is 2.49. The van der Waals surface area contributed by atoms with E-state index in [9.17, 15) is 0 Å². The number of nitrogens with zero attached hydrogens (tertiary/aromatic N) is 3. The molecule has 0 aliphatic carbocycles. The van der Waals surface area contributed by atoms with E-state index in [1.807, 2.05) is 7.05 Å². The molecule has 1 fully saturated rings. The van der Waals surface area contributed by atoms with Gasteiger partial charge in [-0.2, -0.15) is 11.8 Å². The Hall–Kier alpha value is -0.420. The highest BCUT2D eigenvalue weighted by molar-refractivity contribution is 8.00. The maximum Gasteiger partial charge on any atom is 0.193 e. The lowest BCUT2D eigenvalue weighted by atomic mass is 10.3. The first-order valence-electron chi connectivity index (χ1n) is 7.97. The van der Waals surface area contributed by atoms with Crippen molar-refractivity contribution in [3.63, 3.8) is 0 Å². The SMILES string of the molecule is CCCCN(C)CCNC(=NC)N1CCSC(CC)C1. The van der Waals surface area contributed by atoms with Crippen LogP contribution in [0.4, 0.5) is 0 Å². The number of unbranched alkanes of at least 4 members (excludes halogenated alkanes) is 1. The van der Waals surface area contributed by atoms with Crippen LogP contribution < -0.4 is 5.32 Å². The van der Waals surface area contributed by atoms with Crippen LogP contribution in [0.25, 0.3) is 0 Å². The number of hydrogen-bond acceptors (Lipinski definition) is 3. The highest BCUT2D eigenvalue weighted by Gasteiger charge is 2.21. The van der Waals surface area contributed by atoms with Crippen LogP contribution >= 0.6 is 11.8 Å². The van der Waals surface area contributed by atoms with E-state index in [2.05, 4.69) is 52.8 Å². The van der Waals surface area contributed by atoms with Crippen molar-refractivity contribution in [3.8, 4) is 0 Å². The van der Waals surface area contributed by atoms with Crippen molar-refractivity contribution in [2.24, 2.45) is 4.99 Å². The summed E-state index contributed by atoms with van der Waals surface area (Å²) in [6, 6.07) is 0. The average molecular weight is 301 g/mol. The van der Waals surface area contributed by atoms with Gasteiger partial charge in [-0.3, -0.25) is 4.99 Å². The number of likely N-dealkylation sites (N-methyl/N-ethyl adjacent to an activating group) is 1. The van der Waals surface area contributed by atoms with Gasteiger partial charge in [-0.15, -0.1) is 0 Å². The lowest BCUT2D eigenvalue weighted by Crippen LogP contribution is -2.49. The molecule has 1 heterocycles. The fourth-order valence-electron chi connectivity index (χ4n) is 2.39. The Morgan fingerprint density at radius 1 is 1.40 bits per heavy atom. The largest absolute Gasteiger partial charge is 0.355 e. The lowest BCUT2D eigenvalue weighted by molar-refractivity contribution is 0.328. The van der Waals surface area contributed by atoms with Gasteiger partial charge in [-0.1, -0.05) is 20.3 Å². The number of nitrogens with one attached hydrogen (secondary N) is 1. The van der Waals surface area contributed by atoms with Crippen molar-refractivity contribution in [2.45, 2.75) is 38.4 Å². The fraction of sp³-hybridized carbons (Fsp3) is 0.933. The summed E-state index contributed by atoms with van der Waals surface area (Å²) in [4.78, 5) is 9.25. The van der Waals surface area contributed by atoms with Crippen LogP contribution in [0.5, 0.6) is 0 Å². The van der Waals surface area contributed by atoms with Gasteiger partial charge in [0.2, 0.25) is 0 Å². The molecule has 1 aliphatic heterocycles.